The second-order valence-electron chi connectivity index (χ2n) is 3.66. The first-order chi connectivity index (χ1) is 5.90. The Bertz CT molecular complexity index is 267. The van der Waals surface area contributed by atoms with Gasteiger partial charge in [-0.05, 0) is 42.4 Å². The van der Waals surface area contributed by atoms with Crippen molar-refractivity contribution in [1.29, 1.82) is 0 Å². The second-order valence-corrected chi connectivity index (χ2v) is 3.66. The molecule has 1 aromatic heterocycles. The van der Waals surface area contributed by atoms with E-state index < -0.39 is 0 Å². The quantitative estimate of drug-likeness (QED) is 0.617. The van der Waals surface area contributed by atoms with Gasteiger partial charge in [0.05, 0.1) is 0 Å². The summed E-state index contributed by atoms with van der Waals surface area (Å²) in [6, 6.07) is 2.17. The molecular weight excluding hydrogens is 146 g/mol. The Kier molecular flexibility index (Phi) is 2.11. The molecule has 0 saturated heterocycles. The first-order valence-corrected chi connectivity index (χ1v) is 4.82. The van der Waals surface area contributed by atoms with Gasteiger partial charge in [0.2, 0.25) is 0 Å². The third-order valence-electron chi connectivity index (χ3n) is 2.91. The summed E-state index contributed by atoms with van der Waals surface area (Å²) in [4.78, 5) is 4.17. The van der Waals surface area contributed by atoms with Crippen LogP contribution in [0.1, 0.15) is 30.9 Å². The summed E-state index contributed by atoms with van der Waals surface area (Å²) in [7, 11) is 0. The molecular formula is C11H15N. The summed E-state index contributed by atoms with van der Waals surface area (Å²) in [5, 5.41) is 0. The maximum Gasteiger partial charge on any atom is 0.0302 e. The summed E-state index contributed by atoms with van der Waals surface area (Å²) in [5.74, 6) is 0.904. The van der Waals surface area contributed by atoms with Crippen LogP contribution in [0.2, 0.25) is 0 Å². The minimum Gasteiger partial charge on any atom is -0.264 e. The number of hydrogen-bond acceptors (Lipinski definition) is 1. The Labute approximate surface area is 73.8 Å². The summed E-state index contributed by atoms with van der Waals surface area (Å²) in [6.45, 7) is 2.28. The predicted molar refractivity (Wildman–Crippen MR) is 50.0 cm³/mol. The molecule has 0 aliphatic heterocycles. The fourth-order valence-corrected chi connectivity index (χ4v) is 2.00. The Morgan fingerprint density at radius 2 is 2.42 bits per heavy atom. The second kappa shape index (κ2) is 3.26. The van der Waals surface area contributed by atoms with Crippen LogP contribution in [-0.2, 0) is 12.8 Å². The van der Waals surface area contributed by atoms with Crippen molar-refractivity contribution in [1.82, 2.24) is 4.98 Å². The van der Waals surface area contributed by atoms with Crippen molar-refractivity contribution in [3.05, 3.63) is 29.6 Å². The predicted octanol–water partition coefficient (Wildman–Crippen LogP) is 2.60. The highest BCUT2D eigenvalue weighted by atomic mass is 14.6. The van der Waals surface area contributed by atoms with Crippen LogP contribution in [0.4, 0.5) is 0 Å². The third kappa shape index (κ3) is 1.36. The van der Waals surface area contributed by atoms with Gasteiger partial charge in [-0.3, -0.25) is 4.98 Å². The van der Waals surface area contributed by atoms with E-state index in [0.717, 1.165) is 5.92 Å². The number of nitrogens with zero attached hydrogens (tertiary/aromatic N) is 1. The molecule has 1 heterocycles. The van der Waals surface area contributed by atoms with Gasteiger partial charge in [-0.1, -0.05) is 13.3 Å². The van der Waals surface area contributed by atoms with Crippen LogP contribution < -0.4 is 0 Å². The molecule has 1 atom stereocenters. The molecule has 12 heavy (non-hydrogen) atoms. The van der Waals surface area contributed by atoms with Gasteiger partial charge < -0.3 is 0 Å². The molecule has 1 aromatic rings. The monoisotopic (exact) mass is 161 g/mol. The van der Waals surface area contributed by atoms with Crippen molar-refractivity contribution in [2.75, 3.05) is 0 Å². The molecule has 0 saturated carbocycles. The fourth-order valence-electron chi connectivity index (χ4n) is 2.00. The summed E-state index contributed by atoms with van der Waals surface area (Å²) in [6.07, 6.45) is 9.14. The van der Waals surface area contributed by atoms with E-state index in [1.165, 1.54) is 36.8 Å². The molecule has 1 nitrogen and oxygen atoms in total. The minimum atomic E-state index is 0.904. The van der Waals surface area contributed by atoms with Gasteiger partial charge in [-0.25, -0.2) is 0 Å². The molecule has 1 aliphatic carbocycles. The van der Waals surface area contributed by atoms with Crippen LogP contribution >= 0.6 is 0 Å². The smallest absolute Gasteiger partial charge is 0.0302 e. The number of rotatable bonds is 1. The summed E-state index contributed by atoms with van der Waals surface area (Å²) in [5.41, 5.74) is 3.00. The Balaban J connectivity index is 2.23. The lowest BCUT2D eigenvalue weighted by molar-refractivity contribution is 0.444. The third-order valence-corrected chi connectivity index (χ3v) is 2.91. The molecule has 1 aliphatic rings. The van der Waals surface area contributed by atoms with Crippen LogP contribution in [0.15, 0.2) is 18.5 Å². The molecule has 0 bridgehead atoms. The summed E-state index contributed by atoms with van der Waals surface area (Å²) < 4.78 is 0. The van der Waals surface area contributed by atoms with Crippen molar-refractivity contribution in [2.24, 2.45) is 5.92 Å². The zero-order valence-electron chi connectivity index (χ0n) is 7.59. The largest absolute Gasteiger partial charge is 0.264 e. The Hall–Kier alpha value is -0.850. The number of pyridine rings is 1. The van der Waals surface area contributed by atoms with Crippen molar-refractivity contribution >= 4 is 0 Å². The lowest BCUT2D eigenvalue weighted by Gasteiger charge is -2.22. The molecule has 64 valence electrons. The zero-order chi connectivity index (χ0) is 8.39. The van der Waals surface area contributed by atoms with Gasteiger partial charge in [0.1, 0.15) is 0 Å². The maximum atomic E-state index is 4.17. The van der Waals surface area contributed by atoms with Crippen molar-refractivity contribution in [3.8, 4) is 0 Å². The van der Waals surface area contributed by atoms with Crippen molar-refractivity contribution < 1.29 is 0 Å². The standard InChI is InChI=1S/C11H15N/c1-2-9-3-4-10-5-6-12-8-11(10)7-9/h5-6,8-9H,2-4,7H2,1H3. The molecule has 0 aromatic carbocycles. The molecule has 0 N–H and O–H groups in total. The minimum absolute atomic E-state index is 0.904. The van der Waals surface area contributed by atoms with Crippen LogP contribution in [0.25, 0.3) is 0 Å². The van der Waals surface area contributed by atoms with Crippen LogP contribution in [-0.4, -0.2) is 4.98 Å². The van der Waals surface area contributed by atoms with E-state index >= 15 is 0 Å². The molecule has 0 amide bonds. The van der Waals surface area contributed by atoms with Gasteiger partial charge in [-0.15, -0.1) is 0 Å². The van der Waals surface area contributed by atoms with E-state index in [9.17, 15) is 0 Å². The van der Waals surface area contributed by atoms with Gasteiger partial charge in [-0.2, -0.15) is 0 Å². The van der Waals surface area contributed by atoms with Crippen LogP contribution in [0.5, 0.6) is 0 Å². The molecule has 0 fully saturated rings. The maximum absolute atomic E-state index is 4.17. The highest BCUT2D eigenvalue weighted by Gasteiger charge is 2.16. The van der Waals surface area contributed by atoms with Gasteiger partial charge in [0, 0.05) is 12.4 Å². The van der Waals surface area contributed by atoms with E-state index in [-0.39, 0.29) is 0 Å². The number of hydrogen-bond donors (Lipinski definition) is 0. The molecule has 1 unspecified atom stereocenters. The average molecular weight is 161 g/mol. The number of aromatic nitrogens is 1. The highest BCUT2D eigenvalue weighted by molar-refractivity contribution is 5.26. The van der Waals surface area contributed by atoms with Gasteiger partial charge >= 0.3 is 0 Å². The Morgan fingerprint density at radius 3 is 3.25 bits per heavy atom. The van der Waals surface area contributed by atoms with E-state index in [4.69, 9.17) is 0 Å². The lowest BCUT2D eigenvalue weighted by atomic mass is 9.84. The highest BCUT2D eigenvalue weighted by Crippen LogP contribution is 2.26. The number of aryl methyl sites for hydroxylation is 1. The lowest BCUT2D eigenvalue weighted by Crippen LogP contribution is -2.13. The number of fused-ring (bicyclic) bond motifs is 1. The van der Waals surface area contributed by atoms with E-state index in [2.05, 4.69) is 18.0 Å². The van der Waals surface area contributed by atoms with Gasteiger partial charge in [0.25, 0.3) is 0 Å². The van der Waals surface area contributed by atoms with E-state index in [0.29, 0.717) is 0 Å². The van der Waals surface area contributed by atoms with E-state index in [1.807, 2.05) is 12.4 Å². The molecule has 1 heteroatoms. The average Bonchev–Trinajstić information content (AvgIpc) is 2.17. The van der Waals surface area contributed by atoms with Gasteiger partial charge in [0.15, 0.2) is 0 Å². The van der Waals surface area contributed by atoms with Crippen molar-refractivity contribution in [3.63, 3.8) is 0 Å². The molecule has 0 radical (unpaired) electrons. The van der Waals surface area contributed by atoms with Crippen molar-refractivity contribution in [2.45, 2.75) is 32.6 Å². The zero-order valence-corrected chi connectivity index (χ0v) is 7.59. The Morgan fingerprint density at radius 1 is 1.50 bits per heavy atom. The molecule has 0 spiro atoms. The topological polar surface area (TPSA) is 12.9 Å². The summed E-state index contributed by atoms with van der Waals surface area (Å²) >= 11 is 0. The first-order valence-electron chi connectivity index (χ1n) is 4.82. The SMILES string of the molecule is CCC1CCc2ccncc2C1. The normalized spacial score (nSPS) is 21.9. The molecule has 2 rings (SSSR count). The van der Waals surface area contributed by atoms with Crippen LogP contribution in [0.3, 0.4) is 0 Å². The fraction of sp³-hybridized carbons (Fsp3) is 0.545. The first kappa shape index (κ1) is 7.78. The van der Waals surface area contributed by atoms with Crippen LogP contribution in [0, 0.1) is 5.92 Å². The van der Waals surface area contributed by atoms with E-state index in [1.54, 1.807) is 0 Å².